The minimum Gasteiger partial charge on any atom is -0.376 e. The van der Waals surface area contributed by atoms with E-state index in [1.807, 2.05) is 19.1 Å². The summed E-state index contributed by atoms with van der Waals surface area (Å²) in [5, 5.41) is 5.83. The van der Waals surface area contributed by atoms with Crippen LogP contribution in [0.4, 0.5) is 5.69 Å². The highest BCUT2D eigenvalue weighted by Crippen LogP contribution is 2.17. The van der Waals surface area contributed by atoms with E-state index in [2.05, 4.69) is 30.2 Å². The van der Waals surface area contributed by atoms with Crippen molar-refractivity contribution in [1.82, 2.24) is 5.32 Å². The maximum atomic E-state index is 11.4. The summed E-state index contributed by atoms with van der Waals surface area (Å²) in [6.07, 6.45) is 1.66. The van der Waals surface area contributed by atoms with Crippen molar-refractivity contribution in [3.8, 4) is 0 Å². The quantitative estimate of drug-likeness (QED) is 0.742. The molecule has 0 unspecified atom stereocenters. The Morgan fingerprint density at radius 1 is 1.44 bits per heavy atom. The SMILES string of the molecule is C=CCNC(=O)CNc1cccc(C)c1C. The minimum atomic E-state index is -0.0270. The Balaban J connectivity index is 2.51. The van der Waals surface area contributed by atoms with Gasteiger partial charge >= 0.3 is 0 Å². The first-order valence-electron chi connectivity index (χ1n) is 5.33. The van der Waals surface area contributed by atoms with Crippen molar-refractivity contribution >= 4 is 11.6 Å². The van der Waals surface area contributed by atoms with Gasteiger partial charge in [-0.25, -0.2) is 0 Å². The van der Waals surface area contributed by atoms with Crippen LogP contribution in [0.15, 0.2) is 30.9 Å². The maximum Gasteiger partial charge on any atom is 0.239 e. The molecule has 1 aromatic carbocycles. The molecular formula is C13H18N2O. The lowest BCUT2D eigenvalue weighted by Crippen LogP contribution is -2.29. The third-order valence-corrected chi connectivity index (χ3v) is 2.49. The molecule has 0 bridgehead atoms. The van der Waals surface area contributed by atoms with Gasteiger partial charge in [-0.05, 0) is 31.0 Å². The highest BCUT2D eigenvalue weighted by molar-refractivity contribution is 5.81. The molecule has 0 aliphatic heterocycles. The molecule has 86 valence electrons. The molecule has 0 saturated heterocycles. The van der Waals surface area contributed by atoms with E-state index in [-0.39, 0.29) is 12.5 Å². The number of hydrogen-bond donors (Lipinski definition) is 2. The number of hydrogen-bond acceptors (Lipinski definition) is 2. The van der Waals surface area contributed by atoms with Crippen molar-refractivity contribution in [1.29, 1.82) is 0 Å². The second-order valence-electron chi connectivity index (χ2n) is 3.69. The molecule has 0 atom stereocenters. The molecule has 0 aliphatic carbocycles. The number of rotatable bonds is 5. The van der Waals surface area contributed by atoms with Crippen LogP contribution in [0.3, 0.4) is 0 Å². The molecule has 0 aromatic heterocycles. The van der Waals surface area contributed by atoms with Gasteiger partial charge in [0.25, 0.3) is 0 Å². The number of carbonyl (C=O) groups is 1. The third-order valence-electron chi connectivity index (χ3n) is 2.49. The number of carbonyl (C=O) groups excluding carboxylic acids is 1. The zero-order chi connectivity index (χ0) is 12.0. The van der Waals surface area contributed by atoms with Crippen molar-refractivity contribution in [3.05, 3.63) is 42.0 Å². The summed E-state index contributed by atoms with van der Waals surface area (Å²) in [6.45, 7) is 8.43. The van der Waals surface area contributed by atoms with E-state index in [0.29, 0.717) is 6.54 Å². The topological polar surface area (TPSA) is 41.1 Å². The van der Waals surface area contributed by atoms with Gasteiger partial charge in [0.1, 0.15) is 0 Å². The predicted octanol–water partition coefficient (Wildman–Crippen LogP) is 2.02. The van der Waals surface area contributed by atoms with Crippen LogP contribution in [-0.2, 0) is 4.79 Å². The first-order chi connectivity index (χ1) is 7.65. The first kappa shape index (κ1) is 12.3. The Bertz CT molecular complexity index is 386. The van der Waals surface area contributed by atoms with Crippen molar-refractivity contribution in [2.75, 3.05) is 18.4 Å². The molecule has 1 rings (SSSR count). The first-order valence-corrected chi connectivity index (χ1v) is 5.33. The van der Waals surface area contributed by atoms with Crippen molar-refractivity contribution < 1.29 is 4.79 Å². The summed E-state index contributed by atoms with van der Waals surface area (Å²) in [5.74, 6) is -0.0270. The van der Waals surface area contributed by atoms with Gasteiger partial charge in [0.2, 0.25) is 5.91 Å². The number of aryl methyl sites for hydroxylation is 1. The van der Waals surface area contributed by atoms with Gasteiger partial charge in [0.15, 0.2) is 0 Å². The van der Waals surface area contributed by atoms with Crippen LogP contribution in [-0.4, -0.2) is 19.0 Å². The summed E-state index contributed by atoms with van der Waals surface area (Å²) >= 11 is 0. The van der Waals surface area contributed by atoms with Gasteiger partial charge in [-0.2, -0.15) is 0 Å². The van der Waals surface area contributed by atoms with Gasteiger partial charge in [0, 0.05) is 12.2 Å². The standard InChI is InChI=1S/C13H18N2O/c1-4-8-14-13(16)9-15-12-7-5-6-10(2)11(12)3/h4-7,15H,1,8-9H2,2-3H3,(H,14,16). The van der Waals surface area contributed by atoms with Crippen LogP contribution in [0, 0.1) is 13.8 Å². The zero-order valence-electron chi connectivity index (χ0n) is 9.84. The second-order valence-corrected chi connectivity index (χ2v) is 3.69. The van der Waals surface area contributed by atoms with Crippen molar-refractivity contribution in [3.63, 3.8) is 0 Å². The fourth-order valence-electron chi connectivity index (χ4n) is 1.37. The summed E-state index contributed by atoms with van der Waals surface area (Å²) in [4.78, 5) is 11.4. The monoisotopic (exact) mass is 218 g/mol. The molecule has 3 heteroatoms. The molecule has 0 aliphatic rings. The fourth-order valence-corrected chi connectivity index (χ4v) is 1.37. The third kappa shape index (κ3) is 3.42. The number of anilines is 1. The lowest BCUT2D eigenvalue weighted by atomic mass is 10.1. The average molecular weight is 218 g/mol. The molecule has 0 heterocycles. The van der Waals surface area contributed by atoms with E-state index in [1.165, 1.54) is 11.1 Å². The van der Waals surface area contributed by atoms with E-state index in [9.17, 15) is 4.79 Å². The largest absolute Gasteiger partial charge is 0.376 e. The van der Waals surface area contributed by atoms with E-state index in [0.717, 1.165) is 5.69 Å². The van der Waals surface area contributed by atoms with Gasteiger partial charge in [0.05, 0.1) is 6.54 Å². The van der Waals surface area contributed by atoms with Crippen LogP contribution >= 0.6 is 0 Å². The molecule has 2 N–H and O–H groups in total. The van der Waals surface area contributed by atoms with Gasteiger partial charge in [-0.15, -0.1) is 6.58 Å². The zero-order valence-corrected chi connectivity index (χ0v) is 9.84. The molecule has 0 spiro atoms. The van der Waals surface area contributed by atoms with Gasteiger partial charge in [-0.3, -0.25) is 4.79 Å². The van der Waals surface area contributed by atoms with Gasteiger partial charge < -0.3 is 10.6 Å². The van der Waals surface area contributed by atoms with Crippen LogP contribution in [0.1, 0.15) is 11.1 Å². The smallest absolute Gasteiger partial charge is 0.239 e. The van der Waals surface area contributed by atoms with Crippen LogP contribution in [0.2, 0.25) is 0 Å². The average Bonchev–Trinajstić information content (AvgIpc) is 2.28. The van der Waals surface area contributed by atoms with Crippen LogP contribution in [0.25, 0.3) is 0 Å². The minimum absolute atomic E-state index is 0.0270. The Labute approximate surface area is 96.6 Å². The molecule has 0 radical (unpaired) electrons. The van der Waals surface area contributed by atoms with E-state index >= 15 is 0 Å². The van der Waals surface area contributed by atoms with Crippen molar-refractivity contribution in [2.45, 2.75) is 13.8 Å². The Hall–Kier alpha value is -1.77. The Kier molecular flexibility index (Phi) is 4.58. The van der Waals surface area contributed by atoms with Crippen LogP contribution in [0.5, 0.6) is 0 Å². The molecular weight excluding hydrogens is 200 g/mol. The summed E-state index contributed by atoms with van der Waals surface area (Å²) in [7, 11) is 0. The van der Waals surface area contributed by atoms with Crippen LogP contribution < -0.4 is 10.6 Å². The Morgan fingerprint density at radius 3 is 2.88 bits per heavy atom. The second kappa shape index (κ2) is 5.95. The highest BCUT2D eigenvalue weighted by Gasteiger charge is 2.02. The predicted molar refractivity (Wildman–Crippen MR) is 67.6 cm³/mol. The molecule has 1 amide bonds. The fraction of sp³-hybridized carbons (Fsp3) is 0.308. The highest BCUT2D eigenvalue weighted by atomic mass is 16.1. The Morgan fingerprint density at radius 2 is 2.19 bits per heavy atom. The molecule has 16 heavy (non-hydrogen) atoms. The number of amides is 1. The maximum absolute atomic E-state index is 11.4. The normalized spacial score (nSPS) is 9.62. The molecule has 3 nitrogen and oxygen atoms in total. The number of benzene rings is 1. The van der Waals surface area contributed by atoms with E-state index in [1.54, 1.807) is 6.08 Å². The molecule has 0 saturated carbocycles. The number of nitrogens with one attached hydrogen (secondary N) is 2. The lowest BCUT2D eigenvalue weighted by molar-refractivity contribution is -0.119. The van der Waals surface area contributed by atoms with E-state index in [4.69, 9.17) is 0 Å². The summed E-state index contributed by atoms with van der Waals surface area (Å²) in [5.41, 5.74) is 3.41. The summed E-state index contributed by atoms with van der Waals surface area (Å²) < 4.78 is 0. The molecule has 1 aromatic rings. The lowest BCUT2D eigenvalue weighted by Gasteiger charge is -2.10. The van der Waals surface area contributed by atoms with Crippen molar-refractivity contribution in [2.24, 2.45) is 0 Å². The van der Waals surface area contributed by atoms with Gasteiger partial charge in [-0.1, -0.05) is 18.2 Å². The van der Waals surface area contributed by atoms with E-state index < -0.39 is 0 Å². The summed E-state index contributed by atoms with van der Waals surface area (Å²) in [6, 6.07) is 6.01. The molecule has 0 fully saturated rings.